The van der Waals surface area contributed by atoms with Gasteiger partial charge in [-0.25, -0.2) is 9.87 Å². The lowest BCUT2D eigenvalue weighted by molar-refractivity contribution is -0.0295. The Morgan fingerprint density at radius 2 is 2.17 bits per heavy atom. The molecule has 0 aliphatic heterocycles. The van der Waals surface area contributed by atoms with Crippen LogP contribution in [0.1, 0.15) is 21.5 Å². The molecule has 1 aromatic carbocycles. The Hall–Kier alpha value is -1.62. The molecule has 0 spiro atoms. The van der Waals surface area contributed by atoms with Gasteiger partial charge in [0, 0.05) is 27.9 Å². The molecule has 0 fully saturated rings. The summed E-state index contributed by atoms with van der Waals surface area (Å²) in [4.78, 5) is 21.0. The van der Waals surface area contributed by atoms with Gasteiger partial charge >= 0.3 is 0 Å². The van der Waals surface area contributed by atoms with Crippen LogP contribution < -0.4 is 5.48 Å². The number of carbonyl (C=O) groups is 1. The Labute approximate surface area is 151 Å². The van der Waals surface area contributed by atoms with E-state index < -0.39 is 18.6 Å². The quantitative estimate of drug-likeness (QED) is 0.443. The summed E-state index contributed by atoms with van der Waals surface area (Å²) in [6.07, 6.45) is 2.07. The van der Waals surface area contributed by atoms with Crippen molar-refractivity contribution < 1.29 is 24.2 Å². The highest BCUT2D eigenvalue weighted by Crippen LogP contribution is 2.18. The number of rotatable bonds is 7. The average Bonchev–Trinajstić information content (AvgIpc) is 2.57. The van der Waals surface area contributed by atoms with Crippen LogP contribution in [0.5, 0.6) is 0 Å². The van der Waals surface area contributed by atoms with Gasteiger partial charge in [-0.15, -0.1) is 0 Å². The largest absolute Gasteiger partial charge is 0.394 e. The number of aromatic nitrogens is 1. The molecule has 128 valence electrons. The summed E-state index contributed by atoms with van der Waals surface area (Å²) in [6, 6.07) is 6.38. The Bertz CT molecular complexity index is 714. The standard InChI is InChI=1S/C16H16FIN2O4/c17-15-6-12(18)2-1-10(15)5-11-7-19-4-3-14(11)16(23)20-24-9-13(22)8-21/h1-4,6-7,13,21-22H,5,8-9H2,(H,20,23)/t13-/m0/s1. The van der Waals surface area contributed by atoms with Crippen molar-refractivity contribution in [3.8, 4) is 0 Å². The van der Waals surface area contributed by atoms with Gasteiger partial charge in [0.15, 0.2) is 0 Å². The van der Waals surface area contributed by atoms with Crippen LogP contribution >= 0.6 is 22.6 Å². The summed E-state index contributed by atoms with van der Waals surface area (Å²) in [5.41, 5.74) is 3.47. The molecule has 1 heterocycles. The van der Waals surface area contributed by atoms with E-state index in [9.17, 15) is 9.18 Å². The Morgan fingerprint density at radius 1 is 1.38 bits per heavy atom. The minimum atomic E-state index is -1.08. The Balaban J connectivity index is 2.10. The average molecular weight is 446 g/mol. The van der Waals surface area contributed by atoms with Crippen molar-refractivity contribution in [3.63, 3.8) is 0 Å². The number of nitrogens with zero attached hydrogens (tertiary/aromatic N) is 1. The molecule has 0 saturated carbocycles. The van der Waals surface area contributed by atoms with Gasteiger partial charge < -0.3 is 10.2 Å². The van der Waals surface area contributed by atoms with Crippen molar-refractivity contribution >= 4 is 28.5 Å². The third-order valence-corrected chi connectivity index (χ3v) is 3.87. The van der Waals surface area contributed by atoms with Crippen LogP contribution in [0.25, 0.3) is 0 Å². The van der Waals surface area contributed by atoms with E-state index >= 15 is 0 Å². The van der Waals surface area contributed by atoms with Crippen LogP contribution in [0.4, 0.5) is 4.39 Å². The number of benzene rings is 1. The number of amides is 1. The van der Waals surface area contributed by atoms with Crippen LogP contribution in [0.2, 0.25) is 0 Å². The molecule has 2 aromatic rings. The summed E-state index contributed by atoms with van der Waals surface area (Å²) in [7, 11) is 0. The predicted octanol–water partition coefficient (Wildman–Crippen LogP) is 1.43. The number of halogens is 2. The molecule has 3 N–H and O–H groups in total. The molecule has 0 saturated heterocycles. The number of aliphatic hydroxyl groups excluding tert-OH is 2. The molecule has 8 heteroatoms. The van der Waals surface area contributed by atoms with E-state index in [4.69, 9.17) is 15.1 Å². The van der Waals surface area contributed by atoms with E-state index in [1.807, 2.05) is 22.6 Å². The molecule has 1 amide bonds. The molecule has 0 unspecified atom stereocenters. The van der Waals surface area contributed by atoms with Gasteiger partial charge in [-0.3, -0.25) is 14.6 Å². The van der Waals surface area contributed by atoms with Gasteiger partial charge in [-0.2, -0.15) is 0 Å². The van der Waals surface area contributed by atoms with Gasteiger partial charge in [0.25, 0.3) is 5.91 Å². The molecule has 0 radical (unpaired) electrons. The highest BCUT2D eigenvalue weighted by Gasteiger charge is 2.14. The first-order valence-corrected chi connectivity index (χ1v) is 8.17. The molecule has 24 heavy (non-hydrogen) atoms. The second kappa shape index (κ2) is 9.02. The summed E-state index contributed by atoms with van der Waals surface area (Å²) >= 11 is 2.02. The number of hydroxylamine groups is 1. The number of aliphatic hydroxyl groups is 2. The van der Waals surface area contributed by atoms with Gasteiger partial charge in [-0.05, 0) is 51.9 Å². The van der Waals surface area contributed by atoms with E-state index in [1.54, 1.807) is 12.1 Å². The molecule has 6 nitrogen and oxygen atoms in total. The zero-order valence-corrected chi connectivity index (χ0v) is 14.7. The van der Waals surface area contributed by atoms with Crippen molar-refractivity contribution in [2.45, 2.75) is 12.5 Å². The SMILES string of the molecule is O=C(NOC[C@@H](O)CO)c1ccncc1Cc1ccc(I)cc1F. The van der Waals surface area contributed by atoms with E-state index in [-0.39, 0.29) is 18.8 Å². The molecule has 2 rings (SSSR count). The summed E-state index contributed by atoms with van der Waals surface area (Å²) < 4.78 is 14.8. The lowest BCUT2D eigenvalue weighted by atomic mass is 10.0. The fourth-order valence-corrected chi connectivity index (χ4v) is 2.42. The van der Waals surface area contributed by atoms with Gasteiger partial charge in [0.1, 0.15) is 18.5 Å². The number of hydrogen-bond acceptors (Lipinski definition) is 5. The van der Waals surface area contributed by atoms with Crippen molar-refractivity contribution in [3.05, 3.63) is 62.7 Å². The number of carbonyl (C=O) groups excluding carboxylic acids is 1. The van der Waals surface area contributed by atoms with Gasteiger partial charge in [0.05, 0.1) is 6.61 Å². The first-order valence-electron chi connectivity index (χ1n) is 7.09. The highest BCUT2D eigenvalue weighted by atomic mass is 127. The van der Waals surface area contributed by atoms with Crippen molar-refractivity contribution in [1.29, 1.82) is 0 Å². The normalized spacial score (nSPS) is 12.0. The van der Waals surface area contributed by atoms with Gasteiger partial charge in [-0.1, -0.05) is 6.07 Å². The number of nitrogens with one attached hydrogen (secondary N) is 1. The smallest absolute Gasteiger partial charge is 0.275 e. The number of pyridine rings is 1. The van der Waals surface area contributed by atoms with Crippen molar-refractivity contribution in [2.24, 2.45) is 0 Å². The predicted molar refractivity (Wildman–Crippen MR) is 92.7 cm³/mol. The first kappa shape index (κ1) is 18.7. The highest BCUT2D eigenvalue weighted by molar-refractivity contribution is 14.1. The topological polar surface area (TPSA) is 91.7 Å². The molecule has 0 bridgehead atoms. The molecular weight excluding hydrogens is 430 g/mol. The van der Waals surface area contributed by atoms with Crippen LogP contribution in [0.3, 0.4) is 0 Å². The van der Waals surface area contributed by atoms with E-state index in [1.165, 1.54) is 24.5 Å². The fraction of sp³-hybridized carbons (Fsp3) is 0.250. The molecule has 0 aliphatic rings. The zero-order valence-electron chi connectivity index (χ0n) is 12.6. The number of hydrogen-bond donors (Lipinski definition) is 3. The second-order valence-electron chi connectivity index (χ2n) is 5.02. The second-order valence-corrected chi connectivity index (χ2v) is 6.27. The molecular formula is C16H16FIN2O4. The van der Waals surface area contributed by atoms with E-state index in [0.717, 1.165) is 3.57 Å². The van der Waals surface area contributed by atoms with Gasteiger partial charge in [0.2, 0.25) is 0 Å². The summed E-state index contributed by atoms with van der Waals surface area (Å²) in [5.74, 6) is -0.886. The van der Waals surface area contributed by atoms with E-state index in [2.05, 4.69) is 10.5 Å². The maximum Gasteiger partial charge on any atom is 0.275 e. The molecule has 0 aliphatic carbocycles. The monoisotopic (exact) mass is 446 g/mol. The zero-order chi connectivity index (χ0) is 17.5. The summed E-state index contributed by atoms with van der Waals surface area (Å²) in [6.45, 7) is -0.711. The minimum absolute atomic E-state index is 0.207. The van der Waals surface area contributed by atoms with Crippen molar-refractivity contribution in [2.75, 3.05) is 13.2 Å². The van der Waals surface area contributed by atoms with Crippen LogP contribution in [-0.2, 0) is 11.3 Å². The van der Waals surface area contributed by atoms with Crippen LogP contribution in [0, 0.1) is 9.39 Å². The molecule has 1 atom stereocenters. The van der Waals surface area contributed by atoms with Crippen molar-refractivity contribution in [1.82, 2.24) is 10.5 Å². The van der Waals surface area contributed by atoms with E-state index in [0.29, 0.717) is 16.7 Å². The first-order chi connectivity index (χ1) is 11.5. The Kier molecular flexibility index (Phi) is 7.03. The summed E-state index contributed by atoms with van der Waals surface area (Å²) in [5, 5.41) is 17.8. The minimum Gasteiger partial charge on any atom is -0.394 e. The maximum atomic E-state index is 14.0. The fourth-order valence-electron chi connectivity index (χ4n) is 1.97. The molecule has 1 aromatic heterocycles. The lowest BCUT2D eigenvalue weighted by Crippen LogP contribution is -2.30. The third-order valence-electron chi connectivity index (χ3n) is 3.20. The van der Waals surface area contributed by atoms with Crippen LogP contribution in [0.15, 0.2) is 36.7 Å². The Morgan fingerprint density at radius 3 is 2.88 bits per heavy atom. The van der Waals surface area contributed by atoms with Crippen LogP contribution in [-0.4, -0.2) is 40.4 Å². The lowest BCUT2D eigenvalue weighted by Gasteiger charge is -2.12. The maximum absolute atomic E-state index is 14.0. The third kappa shape index (κ3) is 5.20.